The number of hydrogen-bond donors (Lipinski definition) is 0. The maximum Gasteiger partial charge on any atom is 0.410 e. The van der Waals surface area contributed by atoms with Gasteiger partial charge in [0.15, 0.2) is 18.8 Å². The number of carbonyl (C=O) groups excluding carboxylic acids is 4. The maximum atomic E-state index is 13.0. The molecule has 0 aromatic carbocycles. The molecule has 1 aromatic rings. The van der Waals surface area contributed by atoms with Crippen molar-refractivity contribution in [3.8, 4) is 0 Å². The van der Waals surface area contributed by atoms with E-state index in [0.29, 0.717) is 45.6 Å². The Morgan fingerprint density at radius 2 is 1.83 bits per heavy atom. The molecule has 4 heterocycles. The normalized spacial score (nSPS) is 24.9. The van der Waals surface area contributed by atoms with E-state index in [4.69, 9.17) is 14.2 Å². The summed E-state index contributed by atoms with van der Waals surface area (Å²) in [5, 5.41) is 0. The van der Waals surface area contributed by atoms with Crippen molar-refractivity contribution >= 4 is 29.6 Å². The van der Waals surface area contributed by atoms with Crippen molar-refractivity contribution in [3.63, 3.8) is 0 Å². The van der Waals surface area contributed by atoms with Gasteiger partial charge in [-0.3, -0.25) is 9.59 Å². The second-order valence-corrected chi connectivity index (χ2v) is 9.88. The lowest BCUT2D eigenvalue weighted by atomic mass is 9.94. The number of hydrogen-bond acceptors (Lipinski definition) is 9. The highest BCUT2D eigenvalue weighted by atomic mass is 16.6. The zero-order chi connectivity index (χ0) is 25.2. The summed E-state index contributed by atoms with van der Waals surface area (Å²) in [4.78, 5) is 60.3. The lowest BCUT2D eigenvalue weighted by molar-refractivity contribution is -0.185. The molecule has 0 radical (unpaired) electrons. The van der Waals surface area contributed by atoms with Gasteiger partial charge in [0.25, 0.3) is 5.91 Å². The number of rotatable bonds is 5. The fraction of sp³-hybridized carbons (Fsp3) is 0.625. The number of piperidine rings is 1. The summed E-state index contributed by atoms with van der Waals surface area (Å²) in [6, 6.07) is 5.14. The molecule has 1 aromatic heterocycles. The summed E-state index contributed by atoms with van der Waals surface area (Å²) in [6.07, 6.45) is -0.103. The van der Waals surface area contributed by atoms with Crippen LogP contribution in [0.5, 0.6) is 0 Å². The van der Waals surface area contributed by atoms with E-state index in [1.165, 1.54) is 4.90 Å². The molecule has 0 saturated carbocycles. The van der Waals surface area contributed by atoms with Gasteiger partial charge in [0, 0.05) is 38.9 Å². The SMILES string of the molecule is CC(C)(C)OC1C(=O)C(OC(=O)COC(=O)N2CCN(c3ccccn3)CC2)C2CCCN2C1=O. The second kappa shape index (κ2) is 10.2. The van der Waals surface area contributed by atoms with Gasteiger partial charge >= 0.3 is 12.1 Å². The van der Waals surface area contributed by atoms with Crippen LogP contribution in [0.4, 0.5) is 10.6 Å². The molecule has 11 heteroatoms. The van der Waals surface area contributed by atoms with Gasteiger partial charge < -0.3 is 28.9 Å². The first-order valence-corrected chi connectivity index (χ1v) is 11.9. The summed E-state index contributed by atoms with van der Waals surface area (Å²) in [7, 11) is 0. The second-order valence-electron chi connectivity index (χ2n) is 9.88. The van der Waals surface area contributed by atoms with Crippen LogP contribution in [-0.4, -0.2) is 102 Å². The van der Waals surface area contributed by atoms with E-state index < -0.39 is 54.2 Å². The molecule has 2 amide bonds. The molecule has 3 atom stereocenters. The van der Waals surface area contributed by atoms with Gasteiger partial charge in [-0.1, -0.05) is 6.07 Å². The predicted octanol–water partition coefficient (Wildman–Crippen LogP) is 1.01. The third kappa shape index (κ3) is 5.72. The van der Waals surface area contributed by atoms with Crippen LogP contribution in [0.25, 0.3) is 0 Å². The summed E-state index contributed by atoms with van der Waals surface area (Å²) >= 11 is 0. The molecule has 3 fully saturated rings. The van der Waals surface area contributed by atoms with E-state index in [9.17, 15) is 19.2 Å². The molecule has 0 aliphatic carbocycles. The number of piperazine rings is 1. The number of fused-ring (bicyclic) bond motifs is 1. The van der Waals surface area contributed by atoms with Gasteiger partial charge in [-0.25, -0.2) is 14.6 Å². The van der Waals surface area contributed by atoms with E-state index in [1.54, 1.807) is 31.9 Å². The highest BCUT2D eigenvalue weighted by Crippen LogP contribution is 2.31. The lowest BCUT2D eigenvalue weighted by Gasteiger charge is -2.40. The molecule has 3 unspecified atom stereocenters. The van der Waals surface area contributed by atoms with Crippen LogP contribution in [0, 0.1) is 0 Å². The number of carbonyl (C=O) groups is 4. The first kappa shape index (κ1) is 24.9. The Hall–Kier alpha value is -3.21. The van der Waals surface area contributed by atoms with Crippen molar-refractivity contribution < 1.29 is 33.4 Å². The Morgan fingerprint density at radius 1 is 1.09 bits per heavy atom. The molecule has 3 saturated heterocycles. The van der Waals surface area contributed by atoms with Crippen LogP contribution in [-0.2, 0) is 28.6 Å². The number of Topliss-reactive ketones (excluding diaryl/α,β-unsaturated/α-hetero) is 1. The Morgan fingerprint density at radius 3 is 2.49 bits per heavy atom. The van der Waals surface area contributed by atoms with Crippen LogP contribution in [0.1, 0.15) is 33.6 Å². The smallest absolute Gasteiger partial charge is 0.410 e. The summed E-state index contributed by atoms with van der Waals surface area (Å²) < 4.78 is 16.3. The van der Waals surface area contributed by atoms with Gasteiger partial charge in [0.05, 0.1) is 11.6 Å². The molecule has 0 spiro atoms. The standard InChI is InChI=1S/C24H32N4O7/c1-24(2,3)35-21-19(30)20(16-7-6-10-28(16)22(21)31)34-18(29)15-33-23(32)27-13-11-26(12-14-27)17-8-4-5-9-25-17/h4-5,8-9,16,20-21H,6-7,10-15H2,1-3H3. The van der Waals surface area contributed by atoms with Crippen molar-refractivity contribution in [2.45, 2.75) is 57.5 Å². The largest absolute Gasteiger partial charge is 0.449 e. The highest BCUT2D eigenvalue weighted by Gasteiger charge is 2.53. The van der Waals surface area contributed by atoms with Crippen molar-refractivity contribution in [1.29, 1.82) is 0 Å². The zero-order valence-corrected chi connectivity index (χ0v) is 20.3. The average molecular weight is 489 g/mol. The molecule has 0 N–H and O–H groups in total. The lowest BCUT2D eigenvalue weighted by Crippen LogP contribution is -2.63. The molecule has 3 aliphatic heterocycles. The van der Waals surface area contributed by atoms with Crippen molar-refractivity contribution in [3.05, 3.63) is 24.4 Å². The number of ketones is 1. The Kier molecular flexibility index (Phi) is 7.25. The highest BCUT2D eigenvalue weighted by molar-refractivity contribution is 6.09. The Balaban J connectivity index is 1.29. The van der Waals surface area contributed by atoms with Gasteiger partial charge in [-0.2, -0.15) is 0 Å². The maximum absolute atomic E-state index is 13.0. The quantitative estimate of drug-likeness (QED) is 0.442. The van der Waals surface area contributed by atoms with E-state index in [2.05, 4.69) is 9.88 Å². The molecular weight excluding hydrogens is 456 g/mol. The van der Waals surface area contributed by atoms with E-state index in [0.717, 1.165) is 5.82 Å². The summed E-state index contributed by atoms with van der Waals surface area (Å²) in [6.45, 7) is 7.15. The van der Waals surface area contributed by atoms with Gasteiger partial charge in [0.1, 0.15) is 5.82 Å². The number of ether oxygens (including phenoxy) is 3. The van der Waals surface area contributed by atoms with Crippen molar-refractivity contribution in [1.82, 2.24) is 14.8 Å². The minimum absolute atomic E-state index is 0.393. The third-order valence-corrected chi connectivity index (χ3v) is 6.25. The molecular formula is C24H32N4O7. The predicted molar refractivity (Wildman–Crippen MR) is 124 cm³/mol. The van der Waals surface area contributed by atoms with Crippen LogP contribution in [0.3, 0.4) is 0 Å². The summed E-state index contributed by atoms with van der Waals surface area (Å²) in [5.41, 5.74) is -0.729. The first-order chi connectivity index (χ1) is 16.6. The number of esters is 1. The monoisotopic (exact) mass is 488 g/mol. The van der Waals surface area contributed by atoms with Crippen molar-refractivity contribution in [2.24, 2.45) is 0 Å². The van der Waals surface area contributed by atoms with E-state index in [1.807, 2.05) is 18.2 Å². The molecule has 4 rings (SSSR count). The minimum atomic E-state index is -1.32. The Bertz CT molecular complexity index is 956. The number of pyridine rings is 1. The molecule has 3 aliphatic rings. The molecule has 35 heavy (non-hydrogen) atoms. The molecule has 190 valence electrons. The van der Waals surface area contributed by atoms with Crippen LogP contribution in [0.15, 0.2) is 24.4 Å². The topological polar surface area (TPSA) is 119 Å². The van der Waals surface area contributed by atoms with Crippen LogP contribution in [0.2, 0.25) is 0 Å². The first-order valence-electron chi connectivity index (χ1n) is 11.9. The summed E-state index contributed by atoms with van der Waals surface area (Å²) in [5.74, 6) is -0.955. The average Bonchev–Trinajstić information content (AvgIpc) is 3.33. The van der Waals surface area contributed by atoms with Crippen LogP contribution < -0.4 is 4.90 Å². The van der Waals surface area contributed by atoms with E-state index in [-0.39, 0.29) is 0 Å². The fourth-order valence-corrected chi connectivity index (χ4v) is 4.64. The number of nitrogens with zero attached hydrogens (tertiary/aromatic N) is 4. The number of anilines is 1. The molecule has 0 bridgehead atoms. The number of aromatic nitrogens is 1. The van der Waals surface area contributed by atoms with Gasteiger partial charge in [0.2, 0.25) is 5.78 Å². The van der Waals surface area contributed by atoms with Crippen LogP contribution >= 0.6 is 0 Å². The molecule has 11 nitrogen and oxygen atoms in total. The Labute approximate surface area is 204 Å². The van der Waals surface area contributed by atoms with Crippen molar-refractivity contribution in [2.75, 3.05) is 44.2 Å². The third-order valence-electron chi connectivity index (χ3n) is 6.25. The van der Waals surface area contributed by atoms with E-state index >= 15 is 0 Å². The van der Waals surface area contributed by atoms with Gasteiger partial charge in [-0.05, 0) is 45.7 Å². The minimum Gasteiger partial charge on any atom is -0.449 e. The number of amides is 2. The zero-order valence-electron chi connectivity index (χ0n) is 20.3. The van der Waals surface area contributed by atoms with Gasteiger partial charge in [-0.15, -0.1) is 0 Å². The fourth-order valence-electron chi connectivity index (χ4n) is 4.64.